The van der Waals surface area contributed by atoms with Gasteiger partial charge in [-0.15, -0.1) is 0 Å². The van der Waals surface area contributed by atoms with E-state index in [4.69, 9.17) is 4.42 Å². The molecule has 138 valence electrons. The Hall–Kier alpha value is -3.84. The zero-order chi connectivity index (χ0) is 19.5. The van der Waals surface area contributed by atoms with Crippen LogP contribution in [0.1, 0.15) is 0 Å². The molecule has 1 heteroatoms. The monoisotopic (exact) mass is 372 g/mol. The van der Waals surface area contributed by atoms with E-state index in [0.29, 0.717) is 0 Å². The first-order valence-electron chi connectivity index (χ1n) is 9.80. The molecule has 4 aromatic carbocycles. The third kappa shape index (κ3) is 3.28. The molecule has 0 spiro atoms. The molecule has 0 aliphatic carbocycles. The highest BCUT2D eigenvalue weighted by atomic mass is 16.3. The summed E-state index contributed by atoms with van der Waals surface area (Å²) in [7, 11) is 0. The number of hydrogen-bond donors (Lipinski definition) is 0. The minimum atomic E-state index is 0.898. The van der Waals surface area contributed by atoms with Gasteiger partial charge >= 0.3 is 0 Å². The summed E-state index contributed by atoms with van der Waals surface area (Å²) < 4.78 is 6.63. The second-order valence-electron chi connectivity index (χ2n) is 6.97. The third-order valence-corrected chi connectivity index (χ3v) is 5.11. The summed E-state index contributed by atoms with van der Waals surface area (Å²) in [4.78, 5) is 0. The average Bonchev–Trinajstić information content (AvgIpc) is 3.22. The van der Waals surface area contributed by atoms with E-state index in [1.54, 1.807) is 0 Å². The molecule has 0 aliphatic rings. The van der Waals surface area contributed by atoms with Crippen LogP contribution in [0.3, 0.4) is 0 Å². The molecule has 1 heterocycles. The Balaban J connectivity index is 1.89. The summed E-state index contributed by atoms with van der Waals surface area (Å²) in [5, 5.41) is 0. The maximum absolute atomic E-state index is 6.63. The van der Waals surface area contributed by atoms with Crippen LogP contribution in [-0.2, 0) is 0 Å². The van der Waals surface area contributed by atoms with E-state index in [9.17, 15) is 0 Å². The van der Waals surface area contributed by atoms with Crippen molar-refractivity contribution in [2.75, 3.05) is 0 Å². The summed E-state index contributed by atoms with van der Waals surface area (Å²) in [5.74, 6) is 1.80. The molecule has 0 radical (unpaired) electrons. The number of furan rings is 1. The van der Waals surface area contributed by atoms with E-state index in [1.165, 1.54) is 0 Å². The minimum absolute atomic E-state index is 0.898. The molecule has 0 saturated heterocycles. The Morgan fingerprint density at radius 3 is 0.897 bits per heavy atom. The summed E-state index contributed by atoms with van der Waals surface area (Å²) in [6, 6.07) is 41.7. The van der Waals surface area contributed by atoms with Gasteiger partial charge in [-0.2, -0.15) is 0 Å². The van der Waals surface area contributed by atoms with Crippen molar-refractivity contribution in [2.45, 2.75) is 0 Å². The van der Waals surface area contributed by atoms with Gasteiger partial charge in [0.15, 0.2) is 0 Å². The number of rotatable bonds is 4. The van der Waals surface area contributed by atoms with E-state index in [1.807, 2.05) is 24.3 Å². The van der Waals surface area contributed by atoms with Crippen LogP contribution in [0, 0.1) is 0 Å². The lowest BCUT2D eigenvalue weighted by atomic mass is 9.91. The van der Waals surface area contributed by atoms with Gasteiger partial charge < -0.3 is 4.42 Å². The van der Waals surface area contributed by atoms with Crippen LogP contribution in [-0.4, -0.2) is 0 Å². The highest BCUT2D eigenvalue weighted by Gasteiger charge is 2.24. The first-order valence-corrected chi connectivity index (χ1v) is 9.80. The molecule has 0 atom stereocenters. The largest absolute Gasteiger partial charge is 0.455 e. The Kier molecular flexibility index (Phi) is 4.56. The Labute approximate surface area is 170 Å². The predicted molar refractivity (Wildman–Crippen MR) is 120 cm³/mol. The van der Waals surface area contributed by atoms with Crippen molar-refractivity contribution >= 4 is 0 Å². The Morgan fingerprint density at radius 2 is 0.586 bits per heavy atom. The second kappa shape index (κ2) is 7.65. The lowest BCUT2D eigenvalue weighted by Gasteiger charge is -2.08. The number of benzene rings is 4. The quantitative estimate of drug-likeness (QED) is 0.312. The molecule has 0 saturated carbocycles. The van der Waals surface area contributed by atoms with Gasteiger partial charge in [-0.25, -0.2) is 0 Å². The van der Waals surface area contributed by atoms with Crippen molar-refractivity contribution in [3.63, 3.8) is 0 Å². The third-order valence-electron chi connectivity index (χ3n) is 5.11. The van der Waals surface area contributed by atoms with E-state index < -0.39 is 0 Å². The molecule has 29 heavy (non-hydrogen) atoms. The molecule has 0 bridgehead atoms. The van der Waals surface area contributed by atoms with Gasteiger partial charge in [-0.1, -0.05) is 121 Å². The van der Waals surface area contributed by atoms with Crippen molar-refractivity contribution in [1.29, 1.82) is 0 Å². The van der Waals surface area contributed by atoms with Crippen LogP contribution in [0.4, 0.5) is 0 Å². The smallest absolute Gasteiger partial charge is 0.143 e. The minimum Gasteiger partial charge on any atom is -0.455 e. The van der Waals surface area contributed by atoms with Crippen molar-refractivity contribution in [2.24, 2.45) is 0 Å². The molecule has 0 unspecified atom stereocenters. The number of hydrogen-bond acceptors (Lipinski definition) is 1. The maximum Gasteiger partial charge on any atom is 0.143 e. The van der Waals surface area contributed by atoms with Crippen LogP contribution >= 0.6 is 0 Å². The van der Waals surface area contributed by atoms with Gasteiger partial charge in [-0.3, -0.25) is 0 Å². The molecule has 5 rings (SSSR count). The van der Waals surface area contributed by atoms with Crippen molar-refractivity contribution in [1.82, 2.24) is 0 Å². The first kappa shape index (κ1) is 17.3. The fraction of sp³-hybridized carbons (Fsp3) is 0. The van der Waals surface area contributed by atoms with Crippen molar-refractivity contribution in [3.05, 3.63) is 121 Å². The lowest BCUT2D eigenvalue weighted by molar-refractivity contribution is 0.599. The second-order valence-corrected chi connectivity index (χ2v) is 6.97. The Bertz CT molecular complexity index is 1110. The van der Waals surface area contributed by atoms with Gasteiger partial charge in [-0.05, 0) is 11.1 Å². The highest BCUT2D eigenvalue weighted by Crippen LogP contribution is 2.48. The molecule has 0 amide bonds. The van der Waals surface area contributed by atoms with Gasteiger partial charge in [0.25, 0.3) is 0 Å². The standard InChI is InChI=1S/C28H20O/c1-5-13-21(14-6-1)25-26(22-15-7-2-8-16-22)28(24-19-11-4-12-20-24)29-27(25)23-17-9-3-10-18-23/h1-20H. The topological polar surface area (TPSA) is 13.1 Å². The molecule has 0 fully saturated rings. The fourth-order valence-corrected chi connectivity index (χ4v) is 3.78. The van der Waals surface area contributed by atoms with Gasteiger partial charge in [0.05, 0.1) is 0 Å². The molecular formula is C28H20O. The molecule has 5 aromatic rings. The predicted octanol–water partition coefficient (Wildman–Crippen LogP) is 7.95. The zero-order valence-corrected chi connectivity index (χ0v) is 16.0. The van der Waals surface area contributed by atoms with Crippen molar-refractivity contribution < 1.29 is 4.42 Å². The van der Waals surface area contributed by atoms with Crippen LogP contribution < -0.4 is 0 Å². The normalized spacial score (nSPS) is 10.8. The van der Waals surface area contributed by atoms with E-state index in [2.05, 4.69) is 97.1 Å². The molecule has 0 aliphatic heterocycles. The van der Waals surface area contributed by atoms with E-state index in [-0.39, 0.29) is 0 Å². The molecule has 0 N–H and O–H groups in total. The van der Waals surface area contributed by atoms with E-state index in [0.717, 1.165) is 44.9 Å². The van der Waals surface area contributed by atoms with Gasteiger partial charge in [0, 0.05) is 22.3 Å². The average molecular weight is 372 g/mol. The Morgan fingerprint density at radius 1 is 0.310 bits per heavy atom. The van der Waals surface area contributed by atoms with E-state index >= 15 is 0 Å². The summed E-state index contributed by atoms with van der Waals surface area (Å²) in [6.45, 7) is 0. The summed E-state index contributed by atoms with van der Waals surface area (Å²) in [5.41, 5.74) is 6.70. The van der Waals surface area contributed by atoms with Crippen LogP contribution in [0.15, 0.2) is 126 Å². The maximum atomic E-state index is 6.63. The first-order chi connectivity index (χ1) is 14.4. The van der Waals surface area contributed by atoms with Crippen LogP contribution in [0.25, 0.3) is 44.9 Å². The van der Waals surface area contributed by atoms with Crippen molar-refractivity contribution in [3.8, 4) is 44.9 Å². The fourth-order valence-electron chi connectivity index (χ4n) is 3.78. The highest BCUT2D eigenvalue weighted by molar-refractivity contribution is 5.99. The lowest BCUT2D eigenvalue weighted by Crippen LogP contribution is -1.85. The van der Waals surface area contributed by atoms with Crippen LogP contribution in [0.2, 0.25) is 0 Å². The summed E-state index contributed by atoms with van der Waals surface area (Å²) in [6.07, 6.45) is 0. The van der Waals surface area contributed by atoms with Crippen LogP contribution in [0.5, 0.6) is 0 Å². The molecule has 1 nitrogen and oxygen atoms in total. The van der Waals surface area contributed by atoms with Gasteiger partial charge in [0.2, 0.25) is 0 Å². The SMILES string of the molecule is c1ccc(-c2oc(-c3ccccc3)c(-c3ccccc3)c2-c2ccccc2)cc1. The molecule has 1 aromatic heterocycles. The zero-order valence-electron chi connectivity index (χ0n) is 16.0. The molecular weight excluding hydrogens is 352 g/mol. The van der Waals surface area contributed by atoms with Gasteiger partial charge in [0.1, 0.15) is 11.5 Å². The summed E-state index contributed by atoms with van der Waals surface area (Å²) >= 11 is 0.